The Morgan fingerprint density at radius 1 is 0.958 bits per heavy atom. The minimum atomic E-state index is -0.259. The van der Waals surface area contributed by atoms with Crippen molar-refractivity contribution >= 4 is 11.9 Å². The molecular weight excluding hydrogens is 301 g/mol. The van der Waals surface area contributed by atoms with Gasteiger partial charge in [0, 0.05) is 11.8 Å². The molecule has 0 atom stereocenters. The van der Waals surface area contributed by atoms with Crippen molar-refractivity contribution in [2.24, 2.45) is 4.99 Å². The zero-order valence-corrected chi connectivity index (χ0v) is 13.4. The number of rotatable bonds is 5. The summed E-state index contributed by atoms with van der Waals surface area (Å²) in [6.07, 6.45) is 1.78. The van der Waals surface area contributed by atoms with Crippen molar-refractivity contribution in [1.29, 1.82) is 0 Å². The summed E-state index contributed by atoms with van der Waals surface area (Å²) < 4.78 is 19.1. The van der Waals surface area contributed by atoms with Gasteiger partial charge in [-0.25, -0.2) is 4.39 Å². The number of aliphatic imine (C=N–C) groups is 1. The van der Waals surface area contributed by atoms with Crippen LogP contribution < -0.4 is 4.74 Å². The van der Waals surface area contributed by atoms with Crippen molar-refractivity contribution < 1.29 is 9.13 Å². The van der Waals surface area contributed by atoms with Crippen molar-refractivity contribution in [3.05, 3.63) is 95.3 Å². The van der Waals surface area contributed by atoms with E-state index in [0.29, 0.717) is 6.61 Å². The Labute approximate surface area is 141 Å². The smallest absolute Gasteiger partial charge is 0.128 e. The highest BCUT2D eigenvalue weighted by molar-refractivity contribution is 5.85. The van der Waals surface area contributed by atoms with E-state index in [9.17, 15) is 4.39 Å². The van der Waals surface area contributed by atoms with Gasteiger partial charge in [0.2, 0.25) is 0 Å². The molecule has 0 aromatic heterocycles. The molecule has 0 spiro atoms. The van der Waals surface area contributed by atoms with Gasteiger partial charge in [0.05, 0.1) is 5.69 Å². The molecule has 0 saturated carbocycles. The lowest BCUT2D eigenvalue weighted by Gasteiger charge is -2.09. The van der Waals surface area contributed by atoms with Gasteiger partial charge in [-0.15, -0.1) is 0 Å². The predicted molar refractivity (Wildman–Crippen MR) is 95.6 cm³/mol. The van der Waals surface area contributed by atoms with E-state index >= 15 is 0 Å². The second-order valence-electron chi connectivity index (χ2n) is 5.55. The van der Waals surface area contributed by atoms with Crippen molar-refractivity contribution in [1.82, 2.24) is 0 Å². The highest BCUT2D eigenvalue weighted by Gasteiger charge is 2.02. The quantitative estimate of drug-likeness (QED) is 0.572. The van der Waals surface area contributed by atoms with Crippen LogP contribution in [0.5, 0.6) is 5.75 Å². The van der Waals surface area contributed by atoms with E-state index in [0.717, 1.165) is 22.6 Å². The highest BCUT2D eigenvalue weighted by atomic mass is 19.1. The molecule has 0 fully saturated rings. The van der Waals surface area contributed by atoms with Crippen LogP contribution in [0.3, 0.4) is 0 Å². The summed E-state index contributed by atoms with van der Waals surface area (Å²) in [5, 5.41) is 0. The van der Waals surface area contributed by atoms with Crippen molar-refractivity contribution in [3.63, 3.8) is 0 Å². The molecule has 3 heteroatoms. The van der Waals surface area contributed by atoms with Crippen molar-refractivity contribution in [2.45, 2.75) is 13.5 Å². The lowest BCUT2D eigenvalue weighted by atomic mass is 10.2. The highest BCUT2D eigenvalue weighted by Crippen LogP contribution is 2.20. The Morgan fingerprint density at radius 2 is 1.75 bits per heavy atom. The Morgan fingerprint density at radius 3 is 2.54 bits per heavy atom. The monoisotopic (exact) mass is 319 g/mol. The molecule has 0 radical (unpaired) electrons. The summed E-state index contributed by atoms with van der Waals surface area (Å²) in [5.41, 5.74) is 3.77. The molecule has 0 aliphatic heterocycles. The van der Waals surface area contributed by atoms with Crippen LogP contribution >= 0.6 is 0 Å². The zero-order valence-electron chi connectivity index (χ0n) is 13.4. The number of hydrogen-bond donors (Lipinski definition) is 0. The normalized spacial score (nSPS) is 10.9. The Bertz CT molecular complexity index is 840. The second kappa shape index (κ2) is 7.55. The molecule has 0 bridgehead atoms. The molecule has 3 aromatic rings. The maximum atomic E-state index is 13.2. The Kier molecular flexibility index (Phi) is 5.02. The number of ether oxygens (including phenoxy) is 1. The number of nitrogens with zero attached hydrogens (tertiary/aromatic N) is 1. The minimum absolute atomic E-state index is 0.259. The number of aryl methyl sites for hydroxylation is 1. The fourth-order valence-electron chi connectivity index (χ4n) is 2.28. The van der Waals surface area contributed by atoms with E-state index in [1.54, 1.807) is 12.3 Å². The van der Waals surface area contributed by atoms with Crippen LogP contribution in [0.2, 0.25) is 0 Å². The van der Waals surface area contributed by atoms with E-state index in [2.05, 4.69) is 4.99 Å². The van der Waals surface area contributed by atoms with Crippen LogP contribution in [-0.2, 0) is 6.61 Å². The van der Waals surface area contributed by atoms with Crippen LogP contribution in [0, 0.1) is 12.7 Å². The van der Waals surface area contributed by atoms with Crippen molar-refractivity contribution in [3.8, 4) is 5.75 Å². The predicted octanol–water partition coefficient (Wildman–Crippen LogP) is 5.46. The van der Waals surface area contributed by atoms with E-state index in [1.807, 2.05) is 61.5 Å². The van der Waals surface area contributed by atoms with Gasteiger partial charge in [-0.2, -0.15) is 0 Å². The summed E-state index contributed by atoms with van der Waals surface area (Å²) in [6, 6.07) is 22.1. The molecule has 0 N–H and O–H groups in total. The largest absolute Gasteiger partial charge is 0.488 e. The van der Waals surface area contributed by atoms with Gasteiger partial charge in [0.1, 0.15) is 18.2 Å². The summed E-state index contributed by atoms with van der Waals surface area (Å²) in [4.78, 5) is 4.48. The standard InChI is InChI=1S/C21H18FNO/c1-16-9-11-20(12-10-16)23-14-18-6-2-3-8-21(18)24-15-17-5-4-7-19(22)13-17/h2-14H,15H2,1H3. The van der Waals surface area contributed by atoms with Crippen LogP contribution in [0.15, 0.2) is 77.8 Å². The summed E-state index contributed by atoms with van der Waals surface area (Å²) >= 11 is 0. The van der Waals surface area contributed by atoms with Crippen LogP contribution in [0.25, 0.3) is 0 Å². The van der Waals surface area contributed by atoms with E-state index in [4.69, 9.17) is 4.74 Å². The fraction of sp³-hybridized carbons (Fsp3) is 0.0952. The van der Waals surface area contributed by atoms with Gasteiger partial charge in [0.25, 0.3) is 0 Å². The van der Waals surface area contributed by atoms with Crippen LogP contribution in [-0.4, -0.2) is 6.21 Å². The van der Waals surface area contributed by atoms with E-state index in [1.165, 1.54) is 17.7 Å². The first-order valence-corrected chi connectivity index (χ1v) is 7.78. The molecule has 0 amide bonds. The van der Waals surface area contributed by atoms with E-state index < -0.39 is 0 Å². The molecule has 2 nitrogen and oxygen atoms in total. The average molecular weight is 319 g/mol. The maximum absolute atomic E-state index is 13.2. The molecule has 3 aromatic carbocycles. The number of para-hydroxylation sites is 1. The first-order chi connectivity index (χ1) is 11.7. The summed E-state index contributed by atoms with van der Waals surface area (Å²) in [6.45, 7) is 2.36. The molecule has 0 aliphatic rings. The average Bonchev–Trinajstić information content (AvgIpc) is 2.60. The molecule has 3 rings (SSSR count). The van der Waals surface area contributed by atoms with Crippen LogP contribution in [0.4, 0.5) is 10.1 Å². The Hall–Kier alpha value is -2.94. The first-order valence-electron chi connectivity index (χ1n) is 7.78. The first kappa shape index (κ1) is 15.9. The van der Waals surface area contributed by atoms with Gasteiger partial charge in [-0.3, -0.25) is 4.99 Å². The maximum Gasteiger partial charge on any atom is 0.128 e. The molecule has 0 unspecified atom stereocenters. The summed E-state index contributed by atoms with van der Waals surface area (Å²) in [5.74, 6) is 0.461. The number of hydrogen-bond acceptors (Lipinski definition) is 2. The number of benzene rings is 3. The summed E-state index contributed by atoms with van der Waals surface area (Å²) in [7, 11) is 0. The van der Waals surface area contributed by atoms with Crippen LogP contribution in [0.1, 0.15) is 16.7 Å². The van der Waals surface area contributed by atoms with Gasteiger partial charge in [0.15, 0.2) is 0 Å². The number of halogens is 1. The molecule has 0 saturated heterocycles. The SMILES string of the molecule is Cc1ccc(N=Cc2ccccc2OCc2cccc(F)c2)cc1. The molecule has 24 heavy (non-hydrogen) atoms. The lowest BCUT2D eigenvalue weighted by molar-refractivity contribution is 0.305. The second-order valence-corrected chi connectivity index (χ2v) is 5.55. The topological polar surface area (TPSA) is 21.6 Å². The lowest BCUT2D eigenvalue weighted by Crippen LogP contribution is -1.98. The van der Waals surface area contributed by atoms with Gasteiger partial charge < -0.3 is 4.74 Å². The third kappa shape index (κ3) is 4.29. The van der Waals surface area contributed by atoms with Crippen molar-refractivity contribution in [2.75, 3.05) is 0 Å². The van der Waals surface area contributed by atoms with Gasteiger partial charge >= 0.3 is 0 Å². The fourth-order valence-corrected chi connectivity index (χ4v) is 2.28. The third-order valence-corrected chi connectivity index (χ3v) is 3.59. The molecule has 0 heterocycles. The van der Waals surface area contributed by atoms with Gasteiger partial charge in [-0.05, 0) is 48.9 Å². The van der Waals surface area contributed by atoms with Gasteiger partial charge in [-0.1, -0.05) is 42.0 Å². The molecule has 0 aliphatic carbocycles. The Balaban J connectivity index is 1.74. The molecular formula is C21H18FNO. The van der Waals surface area contributed by atoms with E-state index in [-0.39, 0.29) is 5.82 Å². The molecule has 120 valence electrons. The zero-order chi connectivity index (χ0) is 16.8. The third-order valence-electron chi connectivity index (χ3n) is 3.59. The minimum Gasteiger partial charge on any atom is -0.488 e.